The topological polar surface area (TPSA) is 15.3 Å². The molecule has 2 nitrogen and oxygen atoms in total. The lowest BCUT2D eigenvalue weighted by Crippen LogP contribution is -2.41. The minimum absolute atomic E-state index is 0.722. The van der Waals surface area contributed by atoms with Crippen LogP contribution in [0.25, 0.3) is 0 Å². The Bertz CT molecular complexity index is 397. The van der Waals surface area contributed by atoms with Gasteiger partial charge in [0.05, 0.1) is 0 Å². The van der Waals surface area contributed by atoms with Gasteiger partial charge < -0.3 is 5.32 Å². The van der Waals surface area contributed by atoms with Crippen molar-refractivity contribution < 1.29 is 0 Å². The van der Waals surface area contributed by atoms with Gasteiger partial charge in [0.15, 0.2) is 0 Å². The Balaban J connectivity index is 1.51. The molecule has 0 radical (unpaired) electrons. The lowest BCUT2D eigenvalue weighted by atomic mass is 9.97. The van der Waals surface area contributed by atoms with E-state index in [1.54, 1.807) is 0 Å². The van der Waals surface area contributed by atoms with E-state index in [1.165, 1.54) is 57.3 Å². The van der Waals surface area contributed by atoms with Gasteiger partial charge in [-0.15, -0.1) is 0 Å². The third-order valence-corrected chi connectivity index (χ3v) is 5.15. The molecule has 0 saturated carbocycles. The SMILES string of the molecule is CC(CC1CCCCN1)N1CCC(c2ccccc2)C1. The average molecular weight is 272 g/mol. The zero-order valence-electron chi connectivity index (χ0n) is 12.7. The molecule has 0 aliphatic carbocycles. The predicted molar refractivity (Wildman–Crippen MR) is 85.1 cm³/mol. The Hall–Kier alpha value is -0.860. The molecule has 3 atom stereocenters. The van der Waals surface area contributed by atoms with E-state index in [2.05, 4.69) is 47.5 Å². The van der Waals surface area contributed by atoms with E-state index in [1.807, 2.05) is 0 Å². The highest BCUT2D eigenvalue weighted by atomic mass is 15.2. The zero-order valence-corrected chi connectivity index (χ0v) is 12.7. The normalized spacial score (nSPS) is 29.4. The first-order valence-electron chi connectivity index (χ1n) is 8.35. The predicted octanol–water partition coefficient (Wildman–Crippen LogP) is 3.40. The van der Waals surface area contributed by atoms with Crippen LogP contribution in [0.2, 0.25) is 0 Å². The molecule has 2 saturated heterocycles. The maximum atomic E-state index is 3.69. The number of nitrogens with zero attached hydrogens (tertiary/aromatic N) is 1. The van der Waals surface area contributed by atoms with E-state index in [-0.39, 0.29) is 0 Å². The summed E-state index contributed by atoms with van der Waals surface area (Å²) in [7, 11) is 0. The van der Waals surface area contributed by atoms with Gasteiger partial charge in [-0.3, -0.25) is 4.90 Å². The number of hydrogen-bond acceptors (Lipinski definition) is 2. The summed E-state index contributed by atoms with van der Waals surface area (Å²) < 4.78 is 0. The molecule has 0 bridgehead atoms. The Morgan fingerprint density at radius 3 is 2.80 bits per heavy atom. The molecule has 1 aromatic rings. The highest BCUT2D eigenvalue weighted by Gasteiger charge is 2.28. The molecule has 0 amide bonds. The molecule has 3 rings (SSSR count). The molecule has 1 aromatic carbocycles. The Kier molecular flexibility index (Phi) is 4.74. The third kappa shape index (κ3) is 3.42. The van der Waals surface area contributed by atoms with Crippen molar-refractivity contribution in [3.05, 3.63) is 35.9 Å². The van der Waals surface area contributed by atoms with Crippen molar-refractivity contribution in [1.82, 2.24) is 10.2 Å². The summed E-state index contributed by atoms with van der Waals surface area (Å²) >= 11 is 0. The third-order valence-electron chi connectivity index (χ3n) is 5.15. The van der Waals surface area contributed by atoms with Gasteiger partial charge in [-0.05, 0) is 57.2 Å². The maximum absolute atomic E-state index is 3.69. The van der Waals surface area contributed by atoms with Crippen molar-refractivity contribution in [3.63, 3.8) is 0 Å². The molecule has 3 unspecified atom stereocenters. The van der Waals surface area contributed by atoms with E-state index >= 15 is 0 Å². The monoisotopic (exact) mass is 272 g/mol. The first kappa shape index (κ1) is 14.1. The van der Waals surface area contributed by atoms with Gasteiger partial charge >= 0.3 is 0 Å². The summed E-state index contributed by atoms with van der Waals surface area (Å²) in [5.74, 6) is 0.748. The second kappa shape index (κ2) is 6.73. The fourth-order valence-corrected chi connectivity index (χ4v) is 3.87. The van der Waals surface area contributed by atoms with E-state index in [9.17, 15) is 0 Å². The fourth-order valence-electron chi connectivity index (χ4n) is 3.87. The van der Waals surface area contributed by atoms with Crippen molar-refractivity contribution >= 4 is 0 Å². The number of nitrogens with one attached hydrogen (secondary N) is 1. The average Bonchev–Trinajstić information content (AvgIpc) is 2.99. The molecule has 1 N–H and O–H groups in total. The minimum atomic E-state index is 0.722. The van der Waals surface area contributed by atoms with Gasteiger partial charge in [-0.2, -0.15) is 0 Å². The Morgan fingerprint density at radius 1 is 1.20 bits per heavy atom. The summed E-state index contributed by atoms with van der Waals surface area (Å²) in [6, 6.07) is 12.5. The van der Waals surface area contributed by atoms with Crippen LogP contribution in [-0.2, 0) is 0 Å². The van der Waals surface area contributed by atoms with Crippen LogP contribution in [0.4, 0.5) is 0 Å². The smallest absolute Gasteiger partial charge is 0.00819 e. The summed E-state index contributed by atoms with van der Waals surface area (Å²) in [4.78, 5) is 2.70. The summed E-state index contributed by atoms with van der Waals surface area (Å²) in [6.45, 7) is 6.17. The lowest BCUT2D eigenvalue weighted by Gasteiger charge is -2.31. The Morgan fingerprint density at radius 2 is 2.05 bits per heavy atom. The van der Waals surface area contributed by atoms with Crippen LogP contribution in [0.3, 0.4) is 0 Å². The van der Waals surface area contributed by atoms with Crippen LogP contribution in [0.1, 0.15) is 50.5 Å². The quantitative estimate of drug-likeness (QED) is 0.904. The number of piperidine rings is 1. The zero-order chi connectivity index (χ0) is 13.8. The van der Waals surface area contributed by atoms with Gasteiger partial charge in [0.1, 0.15) is 0 Å². The number of likely N-dealkylation sites (tertiary alicyclic amines) is 1. The molecule has 2 fully saturated rings. The molecule has 2 heterocycles. The van der Waals surface area contributed by atoms with Crippen molar-refractivity contribution in [3.8, 4) is 0 Å². The van der Waals surface area contributed by atoms with E-state index in [0.29, 0.717) is 0 Å². The van der Waals surface area contributed by atoms with Crippen LogP contribution in [0.15, 0.2) is 30.3 Å². The molecular weight excluding hydrogens is 244 g/mol. The molecule has 0 aromatic heterocycles. The second-order valence-corrected chi connectivity index (χ2v) is 6.62. The van der Waals surface area contributed by atoms with E-state index < -0.39 is 0 Å². The van der Waals surface area contributed by atoms with E-state index in [4.69, 9.17) is 0 Å². The fraction of sp³-hybridized carbons (Fsp3) is 0.667. The Labute approximate surface area is 123 Å². The molecule has 2 aliphatic heterocycles. The number of rotatable bonds is 4. The van der Waals surface area contributed by atoms with Gasteiger partial charge in [-0.25, -0.2) is 0 Å². The van der Waals surface area contributed by atoms with Crippen molar-refractivity contribution in [2.45, 2.75) is 57.0 Å². The van der Waals surface area contributed by atoms with Crippen LogP contribution < -0.4 is 5.32 Å². The van der Waals surface area contributed by atoms with Crippen LogP contribution >= 0.6 is 0 Å². The second-order valence-electron chi connectivity index (χ2n) is 6.62. The largest absolute Gasteiger partial charge is 0.314 e. The molecule has 0 spiro atoms. The minimum Gasteiger partial charge on any atom is -0.314 e. The first-order chi connectivity index (χ1) is 9.83. The number of hydrogen-bond donors (Lipinski definition) is 1. The highest BCUT2D eigenvalue weighted by Crippen LogP contribution is 2.29. The summed E-state index contributed by atoms with van der Waals surface area (Å²) in [5, 5.41) is 3.69. The van der Waals surface area contributed by atoms with Crippen molar-refractivity contribution in [2.24, 2.45) is 0 Å². The van der Waals surface area contributed by atoms with E-state index in [0.717, 1.165) is 18.0 Å². The molecule has 20 heavy (non-hydrogen) atoms. The molecule has 110 valence electrons. The summed E-state index contributed by atoms with van der Waals surface area (Å²) in [6.07, 6.45) is 6.80. The van der Waals surface area contributed by atoms with Crippen LogP contribution in [0, 0.1) is 0 Å². The standard InChI is InChI=1S/C18H28N2/c1-15(13-18-9-5-6-11-19-18)20-12-10-17(14-20)16-7-3-2-4-8-16/h2-4,7-8,15,17-19H,5-6,9-14H2,1H3. The number of benzene rings is 1. The van der Waals surface area contributed by atoms with Gasteiger partial charge in [0.25, 0.3) is 0 Å². The van der Waals surface area contributed by atoms with Crippen molar-refractivity contribution in [1.29, 1.82) is 0 Å². The molecular formula is C18H28N2. The maximum Gasteiger partial charge on any atom is 0.00819 e. The van der Waals surface area contributed by atoms with Gasteiger partial charge in [0.2, 0.25) is 0 Å². The van der Waals surface area contributed by atoms with Crippen LogP contribution in [-0.4, -0.2) is 36.6 Å². The first-order valence-corrected chi connectivity index (χ1v) is 8.35. The van der Waals surface area contributed by atoms with Gasteiger partial charge in [0, 0.05) is 18.6 Å². The molecule has 2 heteroatoms. The lowest BCUT2D eigenvalue weighted by molar-refractivity contribution is 0.214. The highest BCUT2D eigenvalue weighted by molar-refractivity contribution is 5.21. The van der Waals surface area contributed by atoms with Crippen LogP contribution in [0.5, 0.6) is 0 Å². The summed E-state index contributed by atoms with van der Waals surface area (Å²) in [5.41, 5.74) is 1.53. The van der Waals surface area contributed by atoms with Crippen molar-refractivity contribution in [2.75, 3.05) is 19.6 Å². The molecule has 2 aliphatic rings. The van der Waals surface area contributed by atoms with Gasteiger partial charge in [-0.1, -0.05) is 36.8 Å².